The highest BCUT2D eigenvalue weighted by Crippen LogP contribution is 2.29. The summed E-state index contributed by atoms with van der Waals surface area (Å²) in [4.78, 5) is 32.1. The van der Waals surface area contributed by atoms with E-state index in [4.69, 9.17) is 17.0 Å². The predicted octanol–water partition coefficient (Wildman–Crippen LogP) is 4.13. The zero-order valence-electron chi connectivity index (χ0n) is 17.7. The molecule has 164 valence electrons. The van der Waals surface area contributed by atoms with Crippen LogP contribution < -0.4 is 15.6 Å². The summed E-state index contributed by atoms with van der Waals surface area (Å²) in [5.74, 6) is 0.609. The number of methoxy groups -OCH3 is 1. The average molecular weight is 449 g/mol. The SMILES string of the molecule is COc1ccc2[nH]c3c(=O)n(CCC(=O)N[C@@H]4CCCc5ccccc54)c(=S)[nH]c3c2c1. The van der Waals surface area contributed by atoms with E-state index in [0.29, 0.717) is 21.6 Å². The number of rotatable bonds is 5. The number of carbonyl (C=O) groups is 1. The van der Waals surface area contributed by atoms with Crippen LogP contribution in [0.15, 0.2) is 47.3 Å². The van der Waals surface area contributed by atoms with Gasteiger partial charge in [-0.2, -0.15) is 0 Å². The van der Waals surface area contributed by atoms with E-state index in [1.54, 1.807) is 7.11 Å². The van der Waals surface area contributed by atoms with E-state index in [2.05, 4.69) is 27.4 Å². The summed E-state index contributed by atoms with van der Waals surface area (Å²) < 4.78 is 7.03. The van der Waals surface area contributed by atoms with E-state index >= 15 is 0 Å². The van der Waals surface area contributed by atoms with E-state index in [9.17, 15) is 9.59 Å². The van der Waals surface area contributed by atoms with Gasteiger partial charge in [-0.25, -0.2) is 0 Å². The maximum Gasteiger partial charge on any atom is 0.278 e. The number of amides is 1. The average Bonchev–Trinajstić information content (AvgIpc) is 3.17. The van der Waals surface area contributed by atoms with Gasteiger partial charge in [-0.3, -0.25) is 14.2 Å². The standard InChI is InChI=1S/C24H24N4O3S/c1-31-15-9-10-19-17(13-15)21-22(26-19)23(30)28(24(32)27-21)12-11-20(29)25-18-8-4-6-14-5-2-3-7-16(14)18/h2-3,5,7,9-10,13,18,26H,4,6,8,11-12H2,1H3,(H,25,29)(H,27,32)/t18-/m1/s1. The van der Waals surface area contributed by atoms with Crippen LogP contribution in [0.1, 0.15) is 36.4 Å². The molecule has 5 rings (SSSR count). The summed E-state index contributed by atoms with van der Waals surface area (Å²) in [6, 6.07) is 13.8. The Morgan fingerprint density at radius 1 is 1.22 bits per heavy atom. The second kappa shape index (κ2) is 8.27. The molecular formula is C24H24N4O3S. The van der Waals surface area contributed by atoms with E-state index in [1.807, 2.05) is 30.3 Å². The molecule has 1 aliphatic carbocycles. The lowest BCUT2D eigenvalue weighted by atomic mass is 9.88. The minimum Gasteiger partial charge on any atom is -0.497 e. The molecule has 0 saturated heterocycles. The Morgan fingerprint density at radius 3 is 2.91 bits per heavy atom. The summed E-state index contributed by atoms with van der Waals surface area (Å²) in [7, 11) is 1.60. The van der Waals surface area contributed by atoms with Crippen LogP contribution in [0.4, 0.5) is 0 Å². The Bertz CT molecular complexity index is 1450. The predicted molar refractivity (Wildman–Crippen MR) is 127 cm³/mol. The lowest BCUT2D eigenvalue weighted by Crippen LogP contribution is -2.32. The Balaban J connectivity index is 1.38. The Hall–Kier alpha value is -3.39. The number of nitrogens with zero attached hydrogens (tertiary/aromatic N) is 1. The van der Waals surface area contributed by atoms with Crippen LogP contribution >= 0.6 is 12.2 Å². The molecule has 0 unspecified atom stereocenters. The molecule has 1 amide bonds. The summed E-state index contributed by atoms with van der Waals surface area (Å²) in [5, 5.41) is 3.97. The third-order valence-corrected chi connectivity index (χ3v) is 6.53. The number of benzene rings is 2. The molecule has 8 heteroatoms. The van der Waals surface area contributed by atoms with Crippen LogP contribution in [-0.4, -0.2) is 27.6 Å². The van der Waals surface area contributed by atoms with Crippen LogP contribution in [0.5, 0.6) is 5.75 Å². The van der Waals surface area contributed by atoms with Crippen LogP contribution in [-0.2, 0) is 17.8 Å². The molecule has 2 aromatic heterocycles. The van der Waals surface area contributed by atoms with Crippen LogP contribution in [0.2, 0.25) is 0 Å². The van der Waals surface area contributed by atoms with Gasteiger partial charge < -0.3 is 20.0 Å². The van der Waals surface area contributed by atoms with Crippen molar-refractivity contribution >= 4 is 40.1 Å². The molecule has 0 fully saturated rings. The van der Waals surface area contributed by atoms with Gasteiger partial charge in [0, 0.05) is 23.9 Å². The van der Waals surface area contributed by atoms with Crippen molar-refractivity contribution in [3.8, 4) is 5.75 Å². The van der Waals surface area contributed by atoms with E-state index in [0.717, 1.165) is 30.2 Å². The van der Waals surface area contributed by atoms with Gasteiger partial charge in [-0.1, -0.05) is 24.3 Å². The van der Waals surface area contributed by atoms with E-state index in [1.165, 1.54) is 15.7 Å². The molecular weight excluding hydrogens is 424 g/mol. The summed E-state index contributed by atoms with van der Waals surface area (Å²) in [5.41, 5.74) is 4.14. The van der Waals surface area contributed by atoms with Crippen molar-refractivity contribution in [3.63, 3.8) is 0 Å². The highest BCUT2D eigenvalue weighted by molar-refractivity contribution is 7.71. The first-order valence-electron chi connectivity index (χ1n) is 10.7. The molecule has 0 radical (unpaired) electrons. The maximum absolute atomic E-state index is 13.1. The lowest BCUT2D eigenvalue weighted by Gasteiger charge is -2.26. The Labute approximate surface area is 189 Å². The van der Waals surface area contributed by atoms with E-state index in [-0.39, 0.29) is 30.5 Å². The molecule has 7 nitrogen and oxygen atoms in total. The molecule has 2 heterocycles. The number of hydrogen-bond donors (Lipinski definition) is 3. The molecule has 3 N–H and O–H groups in total. The Morgan fingerprint density at radius 2 is 2.06 bits per heavy atom. The van der Waals surface area contributed by atoms with Gasteiger partial charge in [0.1, 0.15) is 11.3 Å². The highest BCUT2D eigenvalue weighted by atomic mass is 32.1. The van der Waals surface area contributed by atoms with Crippen molar-refractivity contribution in [1.82, 2.24) is 19.9 Å². The third-order valence-electron chi connectivity index (χ3n) is 6.21. The topological polar surface area (TPSA) is 91.9 Å². The van der Waals surface area contributed by atoms with Crippen LogP contribution in [0, 0.1) is 4.77 Å². The fraction of sp³-hybridized carbons (Fsp3) is 0.292. The number of hydrogen-bond acceptors (Lipinski definition) is 4. The number of carbonyl (C=O) groups excluding carboxylic acids is 1. The van der Waals surface area contributed by atoms with Gasteiger partial charge in [-0.05, 0) is 60.8 Å². The molecule has 2 aromatic carbocycles. The molecule has 0 saturated carbocycles. The first-order chi connectivity index (χ1) is 15.5. The van der Waals surface area contributed by atoms with Crippen LogP contribution in [0.25, 0.3) is 21.9 Å². The number of aromatic nitrogens is 3. The number of H-pyrrole nitrogens is 2. The smallest absolute Gasteiger partial charge is 0.278 e. The van der Waals surface area contributed by atoms with Crippen molar-refractivity contribution in [2.45, 2.75) is 38.3 Å². The minimum absolute atomic E-state index is 0.0184. The van der Waals surface area contributed by atoms with Crippen molar-refractivity contribution in [2.75, 3.05) is 7.11 Å². The zero-order chi connectivity index (χ0) is 22.2. The number of nitrogens with one attached hydrogen (secondary N) is 3. The Kier molecular flexibility index (Phi) is 5.30. The quantitative estimate of drug-likeness (QED) is 0.400. The second-order valence-corrected chi connectivity index (χ2v) is 8.52. The van der Waals surface area contributed by atoms with Crippen molar-refractivity contribution in [2.24, 2.45) is 0 Å². The molecule has 1 aliphatic rings. The summed E-state index contributed by atoms with van der Waals surface area (Å²) in [6.45, 7) is 0.211. The van der Waals surface area contributed by atoms with Crippen molar-refractivity contribution < 1.29 is 9.53 Å². The normalized spacial score (nSPS) is 15.6. The molecule has 4 aromatic rings. The molecule has 0 bridgehead atoms. The summed E-state index contributed by atoms with van der Waals surface area (Å²) in [6.07, 6.45) is 3.20. The molecule has 32 heavy (non-hydrogen) atoms. The lowest BCUT2D eigenvalue weighted by molar-refractivity contribution is -0.122. The molecule has 0 aliphatic heterocycles. The number of aromatic amines is 2. The number of aryl methyl sites for hydroxylation is 1. The van der Waals surface area contributed by atoms with Crippen molar-refractivity contribution in [1.29, 1.82) is 0 Å². The first kappa shape index (κ1) is 20.5. The molecule has 0 spiro atoms. The van der Waals surface area contributed by atoms with Gasteiger partial charge in [0.15, 0.2) is 4.77 Å². The van der Waals surface area contributed by atoms with Gasteiger partial charge in [0.2, 0.25) is 5.91 Å². The van der Waals surface area contributed by atoms with Gasteiger partial charge in [-0.15, -0.1) is 0 Å². The first-order valence-corrected chi connectivity index (χ1v) is 11.2. The molecule has 1 atom stereocenters. The van der Waals surface area contributed by atoms with Crippen molar-refractivity contribution in [3.05, 3.63) is 68.7 Å². The maximum atomic E-state index is 13.1. The summed E-state index contributed by atoms with van der Waals surface area (Å²) >= 11 is 5.45. The number of fused-ring (bicyclic) bond motifs is 4. The number of ether oxygens (including phenoxy) is 1. The van der Waals surface area contributed by atoms with Gasteiger partial charge in [0.25, 0.3) is 5.56 Å². The van der Waals surface area contributed by atoms with E-state index < -0.39 is 0 Å². The minimum atomic E-state index is -0.241. The van der Waals surface area contributed by atoms with Gasteiger partial charge in [0.05, 0.1) is 18.7 Å². The third kappa shape index (κ3) is 3.60. The fourth-order valence-electron chi connectivity index (χ4n) is 4.58. The fourth-order valence-corrected chi connectivity index (χ4v) is 4.85. The monoisotopic (exact) mass is 448 g/mol. The zero-order valence-corrected chi connectivity index (χ0v) is 18.6. The van der Waals surface area contributed by atoms with Crippen LogP contribution in [0.3, 0.4) is 0 Å². The largest absolute Gasteiger partial charge is 0.497 e. The second-order valence-electron chi connectivity index (χ2n) is 8.13. The van der Waals surface area contributed by atoms with Gasteiger partial charge >= 0.3 is 0 Å². The highest BCUT2D eigenvalue weighted by Gasteiger charge is 2.21.